The molecule has 0 saturated heterocycles. The first-order valence-corrected chi connectivity index (χ1v) is 15.0. The first-order valence-electron chi connectivity index (χ1n) is 13.0. The van der Waals surface area contributed by atoms with E-state index in [2.05, 4.69) is 172 Å². The van der Waals surface area contributed by atoms with Crippen molar-refractivity contribution in [2.24, 2.45) is 0 Å². The molecule has 42 heavy (non-hydrogen) atoms. The molecular weight excluding hydrogens is 614 g/mol. The van der Waals surface area contributed by atoms with E-state index in [-0.39, 0.29) is 0 Å². The van der Waals surface area contributed by atoms with Crippen LogP contribution >= 0.6 is 15.9 Å². The first-order chi connectivity index (χ1) is 20.3. The van der Waals surface area contributed by atoms with E-state index in [1.54, 1.807) is 0 Å². The third-order valence-corrected chi connectivity index (χ3v) is 7.15. The van der Waals surface area contributed by atoms with Gasteiger partial charge in [0.2, 0.25) is 11.4 Å². The Labute approximate surface area is 255 Å². The van der Waals surface area contributed by atoms with Crippen molar-refractivity contribution in [3.05, 3.63) is 156 Å². The van der Waals surface area contributed by atoms with Gasteiger partial charge in [0.25, 0.3) is 0 Å². The molecule has 0 aliphatic heterocycles. The second-order valence-corrected chi connectivity index (χ2v) is 11.0. The Morgan fingerprint density at radius 3 is 1.29 bits per heavy atom. The number of hydrogen-bond acceptors (Lipinski definition) is 4. The Hall–Kier alpha value is -4.14. The van der Waals surface area contributed by atoms with Crippen LogP contribution in [-0.2, 0) is 0 Å². The zero-order chi connectivity index (χ0) is 29.5. The van der Waals surface area contributed by atoms with Crippen molar-refractivity contribution in [2.45, 2.75) is 0 Å². The van der Waals surface area contributed by atoms with E-state index in [4.69, 9.17) is 18.6 Å². The second kappa shape index (κ2) is 13.2. The van der Waals surface area contributed by atoms with Crippen LogP contribution in [0.5, 0.6) is 0 Å². The molecule has 5 aromatic carbocycles. The molecule has 0 spiro atoms. The highest BCUT2D eigenvalue weighted by atomic mass is 79.9. The van der Waals surface area contributed by atoms with Crippen LogP contribution in [0.4, 0.5) is 0 Å². The number of rotatable bonds is 5. The van der Waals surface area contributed by atoms with Crippen LogP contribution in [0.15, 0.2) is 156 Å². The monoisotopic (exact) mass is 637 g/mol. The highest BCUT2D eigenvalue weighted by molar-refractivity contribution is 9.10. The normalized spacial score (nSPS) is 11.0. The fraction of sp³-hybridized carbons (Fsp3) is 0. The predicted octanol–water partition coefficient (Wildman–Crippen LogP) is 4.64. The lowest BCUT2D eigenvalue weighted by Gasteiger charge is -2.19. The summed E-state index contributed by atoms with van der Waals surface area (Å²) in [4.78, 5) is 0. The lowest BCUT2D eigenvalue weighted by Crippen LogP contribution is -2.68. The average Bonchev–Trinajstić information content (AvgIpc) is 3.01. The molecule has 208 valence electrons. The minimum absolute atomic E-state index is 1.06. The lowest BCUT2D eigenvalue weighted by atomic mass is 9.85. The SMILES string of the molecule is Brc1ccc(-[n+]2cc(-c3ccccc3)c(-c3ccccc3)c(-c3ccccc3)c2-c2ccccc2)cc1.[O-][Cl+3]([O-])([O-])[O-]. The van der Waals surface area contributed by atoms with Crippen LogP contribution < -0.4 is 23.2 Å². The van der Waals surface area contributed by atoms with Gasteiger partial charge in [-0.05, 0) is 41.0 Å². The average molecular weight is 639 g/mol. The molecule has 0 aliphatic rings. The van der Waals surface area contributed by atoms with Gasteiger partial charge in [0.05, 0.1) is 11.1 Å². The van der Waals surface area contributed by atoms with Crippen molar-refractivity contribution in [3.63, 3.8) is 0 Å². The molecule has 0 N–H and O–H groups in total. The number of pyridine rings is 1. The Morgan fingerprint density at radius 2 is 0.833 bits per heavy atom. The van der Waals surface area contributed by atoms with Crippen molar-refractivity contribution in [2.75, 3.05) is 0 Å². The van der Waals surface area contributed by atoms with Crippen LogP contribution in [0.2, 0.25) is 0 Å². The van der Waals surface area contributed by atoms with Crippen LogP contribution in [-0.4, -0.2) is 0 Å². The molecule has 1 aromatic heterocycles. The summed E-state index contributed by atoms with van der Waals surface area (Å²) in [6.07, 6.45) is 2.30. The van der Waals surface area contributed by atoms with E-state index < -0.39 is 10.2 Å². The molecule has 0 amide bonds. The van der Waals surface area contributed by atoms with Crippen molar-refractivity contribution < 1.29 is 33.4 Å². The van der Waals surface area contributed by atoms with E-state index in [9.17, 15) is 0 Å². The Bertz CT molecular complexity index is 1740. The number of halogens is 2. The van der Waals surface area contributed by atoms with Gasteiger partial charge in [-0.15, -0.1) is 10.2 Å². The number of aromatic nitrogens is 1. The fourth-order valence-corrected chi connectivity index (χ4v) is 5.21. The van der Waals surface area contributed by atoms with Gasteiger partial charge in [0.15, 0.2) is 6.20 Å². The minimum atomic E-state index is -4.94. The van der Waals surface area contributed by atoms with Crippen molar-refractivity contribution in [3.8, 4) is 50.3 Å². The van der Waals surface area contributed by atoms with Gasteiger partial charge in [-0.2, -0.15) is 4.57 Å². The van der Waals surface area contributed by atoms with E-state index in [0.29, 0.717) is 0 Å². The molecule has 6 rings (SSSR count). The van der Waals surface area contributed by atoms with Crippen LogP contribution in [0.1, 0.15) is 0 Å². The quantitative estimate of drug-likeness (QED) is 0.257. The molecule has 0 fully saturated rings. The molecule has 5 nitrogen and oxygen atoms in total. The van der Waals surface area contributed by atoms with Gasteiger partial charge in [0.1, 0.15) is 0 Å². The largest absolute Gasteiger partial charge is 0.226 e. The molecule has 7 heteroatoms. The third-order valence-electron chi connectivity index (χ3n) is 6.62. The standard InChI is InChI=1S/C35H25BrN.ClHO4/c36-30-21-23-31(24-22-30)37-25-32(26-13-5-1-6-14-26)33(27-15-7-2-8-16-27)34(28-17-9-3-10-18-28)35(37)29-19-11-4-12-20-29;2-1(3,4)5/h1-25H;(H,2,3,4,5)/q+1;/p-1. The highest BCUT2D eigenvalue weighted by Crippen LogP contribution is 2.44. The van der Waals surface area contributed by atoms with Crippen LogP contribution in [0, 0.1) is 10.2 Å². The molecule has 6 aromatic rings. The third kappa shape index (κ3) is 7.19. The zero-order valence-electron chi connectivity index (χ0n) is 22.3. The molecule has 0 aliphatic carbocycles. The van der Waals surface area contributed by atoms with Crippen molar-refractivity contribution >= 4 is 15.9 Å². The number of nitrogens with zero attached hydrogens (tertiary/aromatic N) is 1. The van der Waals surface area contributed by atoms with Gasteiger partial charge >= 0.3 is 0 Å². The number of hydrogen-bond donors (Lipinski definition) is 0. The van der Waals surface area contributed by atoms with E-state index in [1.807, 2.05) is 0 Å². The topological polar surface area (TPSA) is 96.1 Å². The zero-order valence-corrected chi connectivity index (χ0v) is 24.6. The van der Waals surface area contributed by atoms with Crippen molar-refractivity contribution in [1.29, 1.82) is 0 Å². The van der Waals surface area contributed by atoms with E-state index in [0.717, 1.165) is 15.9 Å². The molecule has 0 bridgehead atoms. The summed E-state index contributed by atoms with van der Waals surface area (Å²) < 4.78 is 37.4. The maximum Gasteiger partial charge on any atom is 0.226 e. The second-order valence-electron chi connectivity index (χ2n) is 9.33. The minimum Gasteiger partial charge on any atom is -0.222 e. The maximum atomic E-state index is 8.49. The van der Waals surface area contributed by atoms with E-state index in [1.165, 1.54) is 38.9 Å². The Kier molecular flexibility index (Phi) is 9.25. The Morgan fingerprint density at radius 1 is 0.452 bits per heavy atom. The molecule has 1 heterocycles. The summed E-state index contributed by atoms with van der Waals surface area (Å²) in [5, 5.41) is 0. The lowest BCUT2D eigenvalue weighted by molar-refractivity contribution is -2.00. The van der Waals surface area contributed by atoms with Crippen molar-refractivity contribution in [1.82, 2.24) is 0 Å². The first kappa shape index (κ1) is 29.4. The molecular formula is C35H25BrClNO4. The number of benzene rings is 5. The molecule has 0 radical (unpaired) electrons. The van der Waals surface area contributed by atoms with Crippen LogP contribution in [0.25, 0.3) is 50.3 Å². The van der Waals surface area contributed by atoms with Gasteiger partial charge in [0, 0.05) is 27.7 Å². The smallest absolute Gasteiger partial charge is 0.222 e. The summed E-state index contributed by atoms with van der Waals surface area (Å²) >= 11 is 3.62. The van der Waals surface area contributed by atoms with Gasteiger partial charge in [-0.3, -0.25) is 0 Å². The summed E-state index contributed by atoms with van der Waals surface area (Å²) in [5.41, 5.74) is 10.6. The van der Waals surface area contributed by atoms with Gasteiger partial charge in [-0.1, -0.05) is 125 Å². The molecule has 0 unspecified atom stereocenters. The maximum absolute atomic E-state index is 8.49. The summed E-state index contributed by atoms with van der Waals surface area (Å²) in [6.45, 7) is 0. The fourth-order valence-electron chi connectivity index (χ4n) is 4.94. The summed E-state index contributed by atoms with van der Waals surface area (Å²) in [7, 11) is -4.94. The summed E-state index contributed by atoms with van der Waals surface area (Å²) in [6, 6.07) is 51.5. The molecule has 0 saturated carbocycles. The van der Waals surface area contributed by atoms with Crippen LogP contribution in [0.3, 0.4) is 0 Å². The highest BCUT2D eigenvalue weighted by Gasteiger charge is 2.29. The Balaban J connectivity index is 0.000000652. The van der Waals surface area contributed by atoms with E-state index >= 15 is 0 Å². The predicted molar refractivity (Wildman–Crippen MR) is 157 cm³/mol. The van der Waals surface area contributed by atoms with Gasteiger partial charge < -0.3 is 0 Å². The summed E-state index contributed by atoms with van der Waals surface area (Å²) in [5.74, 6) is 0. The molecule has 0 atom stereocenters. The van der Waals surface area contributed by atoms with Gasteiger partial charge in [-0.25, -0.2) is 18.6 Å².